The third-order valence-corrected chi connectivity index (χ3v) is 3.80. The number of rotatable bonds is 7. The van der Waals surface area contributed by atoms with Crippen molar-refractivity contribution in [1.82, 2.24) is 0 Å². The number of nitrogens with zero attached hydrogens (tertiary/aromatic N) is 1. The van der Waals surface area contributed by atoms with E-state index in [4.69, 9.17) is 12.2 Å². The summed E-state index contributed by atoms with van der Waals surface area (Å²) in [6.07, 6.45) is -8.71. The Bertz CT molecular complexity index is 970. The Morgan fingerprint density at radius 3 is 2.32 bits per heavy atom. The molecular formula is C17H12F7N3O3S. The molecule has 0 aromatic heterocycles. The first-order valence-electron chi connectivity index (χ1n) is 8.12. The molecular weight excluding hydrogens is 459 g/mol. The van der Waals surface area contributed by atoms with Crippen LogP contribution < -0.4 is 15.4 Å². The Labute approximate surface area is 175 Å². The van der Waals surface area contributed by atoms with Crippen LogP contribution in [0.15, 0.2) is 42.5 Å². The molecule has 0 aliphatic rings. The lowest BCUT2D eigenvalue weighted by Crippen LogP contribution is -2.33. The van der Waals surface area contributed by atoms with Gasteiger partial charge < -0.3 is 15.4 Å². The quantitative estimate of drug-likeness (QED) is 0.234. The standard InChI is InChI=1S/C17H12F7N3O3S/c18-14(19)16(20,21)8-30-11-6-9(5-10(7-11)27(28)29)25-15(31)26-13-4-2-1-3-12(13)17(22,23)24/h1-7,14H,8H2,(H2,25,26,31). The maximum absolute atomic E-state index is 13.0. The number of ether oxygens (including phenoxy) is 1. The molecule has 0 amide bonds. The third-order valence-electron chi connectivity index (χ3n) is 3.59. The number of hydrogen-bond acceptors (Lipinski definition) is 4. The Morgan fingerprint density at radius 2 is 1.74 bits per heavy atom. The van der Waals surface area contributed by atoms with E-state index in [-0.39, 0.29) is 5.69 Å². The first-order chi connectivity index (χ1) is 14.3. The second kappa shape index (κ2) is 9.32. The highest BCUT2D eigenvalue weighted by Crippen LogP contribution is 2.35. The van der Waals surface area contributed by atoms with Crippen LogP contribution in [0.4, 0.5) is 47.8 Å². The summed E-state index contributed by atoms with van der Waals surface area (Å²) in [5.74, 6) is -5.06. The highest BCUT2D eigenvalue weighted by molar-refractivity contribution is 7.80. The van der Waals surface area contributed by atoms with Gasteiger partial charge in [-0.15, -0.1) is 0 Å². The summed E-state index contributed by atoms with van der Waals surface area (Å²) in [6, 6.07) is 6.88. The van der Waals surface area contributed by atoms with Crippen molar-refractivity contribution in [3.8, 4) is 5.75 Å². The van der Waals surface area contributed by atoms with Crippen LogP contribution >= 0.6 is 12.2 Å². The number of alkyl halides is 7. The van der Waals surface area contributed by atoms with Crippen molar-refractivity contribution in [1.29, 1.82) is 0 Å². The zero-order valence-corrected chi connectivity index (χ0v) is 15.9. The molecule has 6 nitrogen and oxygen atoms in total. The fraction of sp³-hybridized carbons (Fsp3) is 0.235. The lowest BCUT2D eigenvalue weighted by molar-refractivity contribution is -0.384. The molecule has 0 atom stereocenters. The molecule has 0 bridgehead atoms. The first-order valence-corrected chi connectivity index (χ1v) is 8.53. The number of para-hydroxylation sites is 1. The van der Waals surface area contributed by atoms with Crippen molar-refractivity contribution in [2.75, 3.05) is 17.2 Å². The zero-order valence-electron chi connectivity index (χ0n) is 15.1. The van der Waals surface area contributed by atoms with E-state index in [0.29, 0.717) is 6.07 Å². The van der Waals surface area contributed by atoms with E-state index in [1.54, 1.807) is 0 Å². The van der Waals surface area contributed by atoms with E-state index in [0.717, 1.165) is 30.3 Å². The molecule has 0 unspecified atom stereocenters. The van der Waals surface area contributed by atoms with Gasteiger partial charge in [0.1, 0.15) is 5.75 Å². The number of nitrogens with one attached hydrogen (secondary N) is 2. The molecule has 2 aromatic carbocycles. The minimum atomic E-state index is -4.69. The van der Waals surface area contributed by atoms with Crippen LogP contribution in [0.1, 0.15) is 5.56 Å². The van der Waals surface area contributed by atoms with Crippen molar-refractivity contribution in [3.05, 3.63) is 58.1 Å². The Hall–Kier alpha value is -3.16. The average Bonchev–Trinajstić information content (AvgIpc) is 2.65. The van der Waals surface area contributed by atoms with Crippen molar-refractivity contribution in [2.45, 2.75) is 18.5 Å². The predicted molar refractivity (Wildman–Crippen MR) is 101 cm³/mol. The number of anilines is 2. The second-order valence-electron chi connectivity index (χ2n) is 5.95. The van der Waals surface area contributed by atoms with Gasteiger partial charge in [-0.2, -0.15) is 22.0 Å². The molecule has 0 spiro atoms. The van der Waals surface area contributed by atoms with Crippen LogP contribution in [0, 0.1) is 10.1 Å². The van der Waals surface area contributed by atoms with Gasteiger partial charge >= 0.3 is 18.5 Å². The molecule has 0 fully saturated rings. The molecule has 168 valence electrons. The van der Waals surface area contributed by atoms with Gasteiger partial charge in [-0.25, -0.2) is 8.78 Å². The van der Waals surface area contributed by atoms with E-state index in [1.165, 1.54) is 6.07 Å². The molecule has 2 rings (SSSR count). The van der Waals surface area contributed by atoms with Gasteiger partial charge in [-0.3, -0.25) is 10.1 Å². The van der Waals surface area contributed by atoms with Crippen LogP contribution in [0.3, 0.4) is 0 Å². The van der Waals surface area contributed by atoms with Crippen molar-refractivity contribution in [2.24, 2.45) is 0 Å². The molecule has 0 saturated heterocycles. The summed E-state index contributed by atoms with van der Waals surface area (Å²) in [5.41, 5.74) is -2.33. The summed E-state index contributed by atoms with van der Waals surface area (Å²) in [5, 5.41) is 15.2. The Balaban J connectivity index is 2.22. The van der Waals surface area contributed by atoms with E-state index in [1.807, 2.05) is 0 Å². The lowest BCUT2D eigenvalue weighted by atomic mass is 10.1. The molecule has 0 radical (unpaired) electrons. The minimum Gasteiger partial charge on any atom is -0.487 e. The number of nitro benzene ring substituents is 1. The van der Waals surface area contributed by atoms with Crippen molar-refractivity contribution >= 4 is 34.4 Å². The van der Waals surface area contributed by atoms with E-state index in [2.05, 4.69) is 15.4 Å². The van der Waals surface area contributed by atoms with E-state index in [9.17, 15) is 40.8 Å². The van der Waals surface area contributed by atoms with Gasteiger partial charge in [-0.05, 0) is 24.4 Å². The molecule has 2 aromatic rings. The average molecular weight is 471 g/mol. The van der Waals surface area contributed by atoms with Gasteiger partial charge in [0.05, 0.1) is 27.9 Å². The smallest absolute Gasteiger partial charge is 0.418 e. The van der Waals surface area contributed by atoms with E-state index < -0.39 is 57.9 Å². The van der Waals surface area contributed by atoms with Gasteiger partial charge in [-0.1, -0.05) is 12.1 Å². The fourth-order valence-electron chi connectivity index (χ4n) is 2.21. The summed E-state index contributed by atoms with van der Waals surface area (Å²) in [6.45, 7) is -1.76. The van der Waals surface area contributed by atoms with Crippen LogP contribution in [0.5, 0.6) is 5.75 Å². The molecule has 14 heteroatoms. The van der Waals surface area contributed by atoms with Crippen LogP contribution in [0.2, 0.25) is 0 Å². The van der Waals surface area contributed by atoms with Gasteiger partial charge in [0, 0.05) is 12.1 Å². The first kappa shape index (κ1) is 24.1. The van der Waals surface area contributed by atoms with Gasteiger partial charge in [0.15, 0.2) is 11.7 Å². The summed E-state index contributed by atoms with van der Waals surface area (Å²) in [7, 11) is 0. The largest absolute Gasteiger partial charge is 0.487 e. The number of benzene rings is 2. The predicted octanol–water partition coefficient (Wildman–Crippen LogP) is 5.70. The summed E-state index contributed by atoms with van der Waals surface area (Å²) >= 11 is 4.89. The second-order valence-corrected chi connectivity index (χ2v) is 6.35. The van der Waals surface area contributed by atoms with Crippen molar-refractivity contribution < 1.29 is 40.4 Å². The SMILES string of the molecule is O=[N+]([O-])c1cc(NC(=S)Nc2ccccc2C(F)(F)F)cc(OCC(F)(F)C(F)F)c1. The molecule has 0 saturated carbocycles. The Morgan fingerprint density at radius 1 is 1.10 bits per heavy atom. The highest BCUT2D eigenvalue weighted by Gasteiger charge is 2.41. The fourth-order valence-corrected chi connectivity index (χ4v) is 2.44. The maximum atomic E-state index is 13.0. The van der Waals surface area contributed by atoms with E-state index >= 15 is 0 Å². The molecule has 31 heavy (non-hydrogen) atoms. The number of thiocarbonyl (C=S) groups is 1. The molecule has 0 aliphatic carbocycles. The Kier molecular flexibility index (Phi) is 7.25. The topological polar surface area (TPSA) is 76.4 Å². The molecule has 0 heterocycles. The maximum Gasteiger partial charge on any atom is 0.418 e. The summed E-state index contributed by atoms with van der Waals surface area (Å²) in [4.78, 5) is 10.1. The highest BCUT2D eigenvalue weighted by atomic mass is 32.1. The van der Waals surface area contributed by atoms with Crippen LogP contribution in [0.25, 0.3) is 0 Å². The molecule has 0 aliphatic heterocycles. The summed E-state index contributed by atoms with van der Waals surface area (Å²) < 4.78 is 94.2. The van der Waals surface area contributed by atoms with Crippen LogP contribution in [-0.2, 0) is 6.18 Å². The van der Waals surface area contributed by atoms with Gasteiger partial charge in [0.2, 0.25) is 0 Å². The zero-order chi connectivity index (χ0) is 23.4. The van der Waals surface area contributed by atoms with Crippen LogP contribution in [-0.4, -0.2) is 29.0 Å². The lowest BCUT2D eigenvalue weighted by Gasteiger charge is -2.17. The van der Waals surface area contributed by atoms with Gasteiger partial charge in [0.25, 0.3) is 5.69 Å². The monoisotopic (exact) mass is 471 g/mol. The molecule has 2 N–H and O–H groups in total. The number of non-ortho nitro benzene ring substituents is 1. The van der Waals surface area contributed by atoms with Crippen molar-refractivity contribution in [3.63, 3.8) is 0 Å². The number of hydrogen-bond donors (Lipinski definition) is 2. The third kappa shape index (κ3) is 6.67. The minimum absolute atomic E-state index is 0.216. The normalized spacial score (nSPS) is 11.9. The number of nitro groups is 1. The number of halogens is 7.